The first-order chi connectivity index (χ1) is 10.9. The van der Waals surface area contributed by atoms with E-state index in [1.165, 1.54) is 0 Å². The third-order valence-electron chi connectivity index (χ3n) is 3.52. The van der Waals surface area contributed by atoms with Crippen LogP contribution in [0.15, 0.2) is 18.2 Å². The molecule has 0 radical (unpaired) electrons. The van der Waals surface area contributed by atoms with E-state index in [0.717, 1.165) is 0 Å². The second kappa shape index (κ2) is 7.32. The van der Waals surface area contributed by atoms with Crippen LogP contribution in [0.1, 0.15) is 20.8 Å². The van der Waals surface area contributed by atoms with Gasteiger partial charge >= 0.3 is 0 Å². The predicted molar refractivity (Wildman–Crippen MR) is 86.6 cm³/mol. The average Bonchev–Trinajstić information content (AvgIpc) is 2.92. The molecule has 2 N–H and O–H groups in total. The van der Waals surface area contributed by atoms with E-state index in [1.54, 1.807) is 37.1 Å². The van der Waals surface area contributed by atoms with Gasteiger partial charge in [0.25, 0.3) is 0 Å². The van der Waals surface area contributed by atoms with Crippen molar-refractivity contribution in [3.8, 4) is 11.5 Å². The summed E-state index contributed by atoms with van der Waals surface area (Å²) < 4.78 is 10.5. The van der Waals surface area contributed by atoms with Crippen molar-refractivity contribution in [3.63, 3.8) is 0 Å². The summed E-state index contributed by atoms with van der Waals surface area (Å²) in [7, 11) is 1.74. The molecular formula is C16H23N3O4. The summed E-state index contributed by atoms with van der Waals surface area (Å²) in [5.41, 5.74) is 0.631. The first-order valence-electron chi connectivity index (χ1n) is 7.57. The molecule has 2 rings (SSSR count). The molecule has 1 aromatic carbocycles. The smallest absolute Gasteiger partial charge is 0.241 e. The molecule has 0 unspecified atom stereocenters. The summed E-state index contributed by atoms with van der Waals surface area (Å²) >= 11 is 0. The fraction of sp³-hybridized carbons (Fsp3) is 0.500. The van der Waals surface area contributed by atoms with E-state index in [0.29, 0.717) is 17.2 Å². The van der Waals surface area contributed by atoms with Crippen LogP contribution in [-0.2, 0) is 9.59 Å². The molecule has 1 aliphatic heterocycles. The lowest BCUT2D eigenvalue weighted by Crippen LogP contribution is -2.45. The molecule has 1 heterocycles. The fourth-order valence-electron chi connectivity index (χ4n) is 2.15. The molecule has 7 heteroatoms. The third kappa shape index (κ3) is 4.59. The first-order valence-corrected chi connectivity index (χ1v) is 7.57. The Hall–Kier alpha value is -2.28. The minimum atomic E-state index is -0.446. The zero-order chi connectivity index (χ0) is 17.0. The molecule has 0 fully saturated rings. The van der Waals surface area contributed by atoms with Crippen molar-refractivity contribution < 1.29 is 19.1 Å². The normalized spacial score (nSPS) is 14.0. The van der Waals surface area contributed by atoms with Crippen molar-refractivity contribution in [3.05, 3.63) is 18.2 Å². The zero-order valence-electron chi connectivity index (χ0n) is 13.9. The van der Waals surface area contributed by atoms with Crippen LogP contribution in [-0.4, -0.2) is 49.2 Å². The Morgan fingerprint density at radius 2 is 1.91 bits per heavy atom. The van der Waals surface area contributed by atoms with E-state index < -0.39 is 6.04 Å². The largest absolute Gasteiger partial charge is 0.454 e. The van der Waals surface area contributed by atoms with Crippen LogP contribution in [0, 0.1) is 0 Å². The quantitative estimate of drug-likeness (QED) is 0.823. The number of amides is 2. The third-order valence-corrected chi connectivity index (χ3v) is 3.52. The molecule has 1 aromatic rings. The first kappa shape index (κ1) is 17.1. The number of hydrogen-bond acceptors (Lipinski definition) is 5. The lowest BCUT2D eigenvalue weighted by molar-refractivity contribution is -0.125. The van der Waals surface area contributed by atoms with Crippen LogP contribution in [0.2, 0.25) is 0 Å². The van der Waals surface area contributed by atoms with Crippen LogP contribution < -0.4 is 20.1 Å². The van der Waals surface area contributed by atoms with Gasteiger partial charge in [-0.3, -0.25) is 14.5 Å². The monoisotopic (exact) mass is 321 g/mol. The number of rotatable bonds is 6. The number of hydrogen-bond donors (Lipinski definition) is 2. The van der Waals surface area contributed by atoms with Crippen LogP contribution in [0.25, 0.3) is 0 Å². The molecule has 7 nitrogen and oxygen atoms in total. The topological polar surface area (TPSA) is 79.9 Å². The van der Waals surface area contributed by atoms with Crippen molar-refractivity contribution in [1.82, 2.24) is 10.2 Å². The van der Waals surface area contributed by atoms with Gasteiger partial charge in [0.2, 0.25) is 18.6 Å². The van der Waals surface area contributed by atoms with Gasteiger partial charge < -0.3 is 20.1 Å². The molecular weight excluding hydrogens is 298 g/mol. The SMILES string of the molecule is CC(C)NC(=O)CN(C)[C@H](C)C(=O)Nc1ccc2c(c1)OCO2. The van der Waals surface area contributed by atoms with Gasteiger partial charge in [-0.1, -0.05) is 0 Å². The number of ether oxygens (including phenoxy) is 2. The Kier molecular flexibility index (Phi) is 5.44. The number of fused-ring (bicyclic) bond motifs is 1. The number of nitrogens with one attached hydrogen (secondary N) is 2. The highest BCUT2D eigenvalue weighted by molar-refractivity contribution is 5.95. The van der Waals surface area contributed by atoms with Crippen LogP contribution in [0.4, 0.5) is 5.69 Å². The second-order valence-electron chi connectivity index (χ2n) is 5.87. The molecule has 1 atom stereocenters. The number of carbonyl (C=O) groups is 2. The molecule has 0 bridgehead atoms. The van der Waals surface area contributed by atoms with Gasteiger partial charge in [0.05, 0.1) is 12.6 Å². The lowest BCUT2D eigenvalue weighted by atomic mass is 10.2. The highest BCUT2D eigenvalue weighted by Gasteiger charge is 2.21. The lowest BCUT2D eigenvalue weighted by Gasteiger charge is -2.23. The Bertz CT molecular complexity index is 589. The maximum Gasteiger partial charge on any atom is 0.241 e. The Labute approximate surface area is 135 Å². The van der Waals surface area contributed by atoms with Gasteiger partial charge in [0, 0.05) is 17.8 Å². The highest BCUT2D eigenvalue weighted by Crippen LogP contribution is 2.34. The van der Waals surface area contributed by atoms with E-state index in [-0.39, 0.29) is 31.2 Å². The van der Waals surface area contributed by atoms with E-state index in [2.05, 4.69) is 10.6 Å². The molecule has 0 aromatic heterocycles. The fourth-order valence-corrected chi connectivity index (χ4v) is 2.15. The zero-order valence-corrected chi connectivity index (χ0v) is 13.9. The van der Waals surface area contributed by atoms with Gasteiger partial charge in [0.15, 0.2) is 11.5 Å². The van der Waals surface area contributed by atoms with Gasteiger partial charge in [-0.05, 0) is 40.0 Å². The molecule has 126 valence electrons. The molecule has 23 heavy (non-hydrogen) atoms. The predicted octanol–water partition coefficient (Wildman–Crippen LogP) is 1.20. The number of carbonyl (C=O) groups excluding carboxylic acids is 2. The maximum atomic E-state index is 12.3. The minimum absolute atomic E-state index is 0.0775. The van der Waals surface area contributed by atoms with Crippen molar-refractivity contribution in [2.24, 2.45) is 0 Å². The summed E-state index contributed by atoms with van der Waals surface area (Å²) in [6.07, 6.45) is 0. The van der Waals surface area contributed by atoms with E-state index in [9.17, 15) is 9.59 Å². The summed E-state index contributed by atoms with van der Waals surface area (Å²) in [6.45, 7) is 5.90. The maximum absolute atomic E-state index is 12.3. The number of benzene rings is 1. The molecule has 0 saturated heterocycles. The van der Waals surface area contributed by atoms with E-state index in [1.807, 2.05) is 13.8 Å². The summed E-state index contributed by atoms with van der Waals surface area (Å²) in [5, 5.41) is 5.62. The Morgan fingerprint density at radius 3 is 2.61 bits per heavy atom. The van der Waals surface area contributed by atoms with Gasteiger partial charge in [-0.2, -0.15) is 0 Å². The minimum Gasteiger partial charge on any atom is -0.454 e. The Balaban J connectivity index is 1.90. The second-order valence-corrected chi connectivity index (χ2v) is 5.87. The van der Waals surface area contributed by atoms with Gasteiger partial charge in [-0.25, -0.2) is 0 Å². The van der Waals surface area contributed by atoms with E-state index in [4.69, 9.17) is 9.47 Å². The summed E-state index contributed by atoms with van der Waals surface area (Å²) in [5.74, 6) is 0.979. The number of likely N-dealkylation sites (N-methyl/N-ethyl adjacent to an activating group) is 1. The molecule has 1 aliphatic rings. The summed E-state index contributed by atoms with van der Waals surface area (Å²) in [6, 6.07) is 4.86. The highest BCUT2D eigenvalue weighted by atomic mass is 16.7. The van der Waals surface area contributed by atoms with Crippen LogP contribution in [0.3, 0.4) is 0 Å². The number of nitrogens with zero attached hydrogens (tertiary/aromatic N) is 1. The van der Waals surface area contributed by atoms with Crippen molar-refractivity contribution in [2.45, 2.75) is 32.9 Å². The van der Waals surface area contributed by atoms with E-state index >= 15 is 0 Å². The van der Waals surface area contributed by atoms with Gasteiger partial charge in [-0.15, -0.1) is 0 Å². The molecule has 0 aliphatic carbocycles. The molecule has 2 amide bonds. The summed E-state index contributed by atoms with van der Waals surface area (Å²) in [4.78, 5) is 25.8. The van der Waals surface area contributed by atoms with Crippen molar-refractivity contribution in [2.75, 3.05) is 25.7 Å². The van der Waals surface area contributed by atoms with Crippen LogP contribution in [0.5, 0.6) is 11.5 Å². The van der Waals surface area contributed by atoms with Crippen molar-refractivity contribution in [1.29, 1.82) is 0 Å². The standard InChI is InChI=1S/C16H23N3O4/c1-10(2)17-15(20)8-19(4)11(3)16(21)18-12-5-6-13-14(7-12)23-9-22-13/h5-7,10-11H,8-9H2,1-4H3,(H,17,20)(H,18,21)/t11-/m1/s1. The average molecular weight is 321 g/mol. The number of anilines is 1. The molecule has 0 saturated carbocycles. The Morgan fingerprint density at radius 1 is 1.22 bits per heavy atom. The molecule has 0 spiro atoms. The van der Waals surface area contributed by atoms with Crippen LogP contribution >= 0.6 is 0 Å². The van der Waals surface area contributed by atoms with Gasteiger partial charge in [0.1, 0.15) is 0 Å². The van der Waals surface area contributed by atoms with Crippen molar-refractivity contribution >= 4 is 17.5 Å².